The summed E-state index contributed by atoms with van der Waals surface area (Å²) in [5.74, 6) is -4.18. The van der Waals surface area contributed by atoms with E-state index in [4.69, 9.17) is 61.1 Å². The second-order valence-corrected chi connectivity index (χ2v) is 19.2. The number of methoxy groups -OCH3 is 1. The molecule has 2 bridgehead atoms. The third-order valence-corrected chi connectivity index (χ3v) is 14.6. The molecule has 0 saturated carbocycles. The quantitative estimate of drug-likeness (QED) is 0.155. The first-order chi connectivity index (χ1) is 29.9. The monoisotopic (exact) mass is 921 g/mol. The number of hydrogen-bond donors (Lipinski definition) is 2. The summed E-state index contributed by atoms with van der Waals surface area (Å²) in [6.45, 7) is 14.0. The summed E-state index contributed by atoms with van der Waals surface area (Å²) in [5, 5.41) is 22.9. The first kappa shape index (κ1) is 48.2. The molecule has 63 heavy (non-hydrogen) atoms. The van der Waals surface area contributed by atoms with Crippen LogP contribution in [0.3, 0.4) is 0 Å². The van der Waals surface area contributed by atoms with Crippen molar-refractivity contribution in [2.75, 3.05) is 13.7 Å². The Labute approximate surface area is 379 Å². The van der Waals surface area contributed by atoms with E-state index in [0.29, 0.717) is 42.7 Å². The summed E-state index contributed by atoms with van der Waals surface area (Å²) in [4.78, 5) is 31.2. The molecule has 4 fully saturated rings. The van der Waals surface area contributed by atoms with E-state index in [0.717, 1.165) is 24.5 Å². The van der Waals surface area contributed by atoms with Gasteiger partial charge < -0.3 is 48.1 Å². The van der Waals surface area contributed by atoms with Crippen LogP contribution in [0.4, 0.5) is 4.39 Å². The number of hydrogen-bond acceptors (Lipinski definition) is 13. The topological polar surface area (TPSA) is 161 Å². The molecule has 1 spiro atoms. The van der Waals surface area contributed by atoms with Crippen LogP contribution < -0.4 is 0 Å². The van der Waals surface area contributed by atoms with E-state index in [1.807, 2.05) is 19.9 Å². The predicted octanol–water partition coefficient (Wildman–Crippen LogP) is 7.77. The van der Waals surface area contributed by atoms with Crippen molar-refractivity contribution in [2.45, 2.75) is 166 Å². The highest BCUT2D eigenvalue weighted by Crippen LogP contribution is 2.48. The fraction of sp³-hybridized carbons (Fsp3) is 0.681. The highest BCUT2D eigenvalue weighted by atomic mass is 35.5. The Hall–Kier alpha value is -2.76. The lowest BCUT2D eigenvalue weighted by Crippen LogP contribution is -2.58. The summed E-state index contributed by atoms with van der Waals surface area (Å²) in [6, 6.07) is 0.878. The van der Waals surface area contributed by atoms with Crippen LogP contribution in [0.15, 0.2) is 53.2 Å². The van der Waals surface area contributed by atoms with Gasteiger partial charge in [0, 0.05) is 38.7 Å². The van der Waals surface area contributed by atoms with Gasteiger partial charge in [-0.2, -0.15) is 0 Å². The SMILES string of the molecule is CCC(C)[C@H]1OC2(CC[C@@H]1C)C[C@@H]1C[C@@H](C/C=C(\C)[C@@H](O[C@H]3C[C@H](OC)[C@@H](OC(=O)c4cc(F)c(Cl)nc4Cl)[C@H](C)O3)[C@@H](C)/C=C/C=C3\CO[C@@H]4[C@H](O)C(C)=C[C@@H](C(=O)O1)[C@]34O)O2. The van der Waals surface area contributed by atoms with Gasteiger partial charge in [-0.1, -0.05) is 87.7 Å². The molecule has 1 aromatic heterocycles. The molecule has 2 N–H and O–H groups in total. The van der Waals surface area contributed by atoms with Crippen LogP contribution in [-0.2, 0) is 42.7 Å². The Morgan fingerprint density at radius 3 is 2.60 bits per heavy atom. The molecular weight excluding hydrogens is 860 g/mol. The minimum Gasteiger partial charge on any atom is -0.462 e. The van der Waals surface area contributed by atoms with Gasteiger partial charge in [-0.15, -0.1) is 0 Å². The van der Waals surface area contributed by atoms with Crippen molar-refractivity contribution < 1.29 is 62.1 Å². The van der Waals surface area contributed by atoms with Crippen molar-refractivity contribution in [3.63, 3.8) is 0 Å². The van der Waals surface area contributed by atoms with E-state index in [1.165, 1.54) is 7.11 Å². The van der Waals surface area contributed by atoms with Gasteiger partial charge in [-0.25, -0.2) is 14.2 Å². The Kier molecular flexibility index (Phi) is 15.0. The Bertz CT molecular complexity index is 1990. The number of fused-ring (bicyclic) bond motifs is 2. The molecule has 6 heterocycles. The Morgan fingerprint density at radius 1 is 1.11 bits per heavy atom. The van der Waals surface area contributed by atoms with E-state index >= 15 is 0 Å². The van der Waals surface area contributed by atoms with Crippen LogP contribution >= 0.6 is 23.2 Å². The van der Waals surface area contributed by atoms with Gasteiger partial charge in [0.15, 0.2) is 29.2 Å². The summed E-state index contributed by atoms with van der Waals surface area (Å²) in [7, 11) is 1.49. The molecule has 0 aromatic carbocycles. The zero-order valence-corrected chi connectivity index (χ0v) is 38.8. The number of carbonyl (C=O) groups is 2. The minimum atomic E-state index is -1.86. The molecule has 1 aromatic rings. The maximum atomic E-state index is 14.3. The molecule has 13 nitrogen and oxygen atoms in total. The molecule has 6 aliphatic rings. The summed E-state index contributed by atoms with van der Waals surface area (Å²) < 4.78 is 65.3. The molecule has 4 saturated heterocycles. The van der Waals surface area contributed by atoms with Crippen LogP contribution in [0.1, 0.15) is 104 Å². The zero-order chi connectivity index (χ0) is 45.5. The number of carbonyl (C=O) groups excluding carboxylic acids is 2. The van der Waals surface area contributed by atoms with Crippen LogP contribution in [-0.4, -0.2) is 113 Å². The Balaban J connectivity index is 1.19. The van der Waals surface area contributed by atoms with Crippen molar-refractivity contribution in [1.82, 2.24) is 4.98 Å². The van der Waals surface area contributed by atoms with Gasteiger partial charge in [0.2, 0.25) is 0 Å². The number of ether oxygens (including phenoxy) is 8. The van der Waals surface area contributed by atoms with E-state index in [-0.39, 0.29) is 47.8 Å². The number of allylic oxidation sites excluding steroid dienone is 2. The number of aliphatic hydroxyl groups is 2. The van der Waals surface area contributed by atoms with Gasteiger partial charge in [-0.3, -0.25) is 4.79 Å². The van der Waals surface area contributed by atoms with Crippen LogP contribution in [0.5, 0.6) is 0 Å². The van der Waals surface area contributed by atoms with Crippen molar-refractivity contribution in [3.8, 4) is 0 Å². The summed E-state index contributed by atoms with van der Waals surface area (Å²) >= 11 is 11.9. The molecule has 7 rings (SSSR count). The first-order valence-corrected chi connectivity index (χ1v) is 23.0. The molecule has 16 heteroatoms. The van der Waals surface area contributed by atoms with Gasteiger partial charge in [0.25, 0.3) is 0 Å². The molecule has 5 aliphatic heterocycles. The lowest BCUT2D eigenvalue weighted by atomic mass is 9.71. The maximum absolute atomic E-state index is 14.3. The maximum Gasteiger partial charge on any atom is 0.341 e. The third kappa shape index (κ3) is 9.87. The summed E-state index contributed by atoms with van der Waals surface area (Å²) in [5.41, 5.74) is -0.299. The normalized spacial score (nSPS) is 42.5. The summed E-state index contributed by atoms with van der Waals surface area (Å²) in [6.07, 6.45) is 6.18. The molecule has 1 aliphatic carbocycles. The van der Waals surface area contributed by atoms with Crippen LogP contribution in [0.2, 0.25) is 10.3 Å². The molecule has 2 unspecified atom stereocenters. The number of rotatable bonds is 7. The van der Waals surface area contributed by atoms with E-state index in [2.05, 4.69) is 31.8 Å². The Morgan fingerprint density at radius 2 is 1.87 bits per heavy atom. The number of halogens is 3. The zero-order valence-electron chi connectivity index (χ0n) is 37.3. The van der Waals surface area contributed by atoms with Crippen molar-refractivity contribution in [2.24, 2.45) is 23.7 Å². The van der Waals surface area contributed by atoms with Crippen molar-refractivity contribution in [1.29, 1.82) is 0 Å². The number of aromatic nitrogens is 1. The molecule has 348 valence electrons. The molecule has 0 amide bonds. The second-order valence-electron chi connectivity index (χ2n) is 18.4. The number of aliphatic hydroxyl groups excluding tert-OH is 1. The number of nitrogens with zero attached hydrogens (tertiary/aromatic N) is 1. The average Bonchev–Trinajstić information content (AvgIpc) is 3.58. The lowest BCUT2D eigenvalue weighted by molar-refractivity contribution is -0.340. The number of esters is 2. The van der Waals surface area contributed by atoms with Gasteiger partial charge in [0.05, 0.1) is 36.6 Å². The predicted molar refractivity (Wildman–Crippen MR) is 230 cm³/mol. The van der Waals surface area contributed by atoms with Crippen molar-refractivity contribution >= 4 is 35.1 Å². The fourth-order valence-corrected chi connectivity index (χ4v) is 10.6. The first-order valence-electron chi connectivity index (χ1n) is 22.2. The second kappa shape index (κ2) is 19.6. The molecule has 16 atom stereocenters. The lowest BCUT2D eigenvalue weighted by Gasteiger charge is -2.51. The van der Waals surface area contributed by atoms with Gasteiger partial charge in [-0.05, 0) is 68.2 Å². The minimum absolute atomic E-state index is 0.000187. The fourth-order valence-electron chi connectivity index (χ4n) is 10.2. The van der Waals surface area contributed by atoms with Gasteiger partial charge >= 0.3 is 11.9 Å². The van der Waals surface area contributed by atoms with Gasteiger partial charge in [0.1, 0.15) is 41.1 Å². The van der Waals surface area contributed by atoms with E-state index in [1.54, 1.807) is 32.1 Å². The number of pyridine rings is 1. The largest absolute Gasteiger partial charge is 0.462 e. The van der Waals surface area contributed by atoms with E-state index < -0.39 is 89.2 Å². The van der Waals surface area contributed by atoms with E-state index in [9.17, 15) is 24.2 Å². The standard InChI is InChI=1S/C47H62Cl2FNO12/c1-9-23(2)39-26(5)15-16-46(63-39)21-31-18-30(62-46)14-13-25(4)38(24(3)11-10-12-29-22-57-41-37(52)27(6)17-33(45(54)59-31)47(29,41)55)60-36-20-35(56-8)40(28(7)58-36)61-44(53)32-19-34(50)43(49)51-42(32)48/h10-13,17,19,23-24,26,28,30-31,33,35-41,52,55H,9,14-16,18,20-22H2,1-8H3/b11-10+,25-13+,29-12+/t23?,24-,26-,28-,30+,31-,33-,35-,36-,37+,38-,39+,40-,41+,46?,47+/m0/s1. The van der Waals surface area contributed by atoms with Crippen molar-refractivity contribution in [3.05, 3.63) is 74.9 Å². The molecule has 0 radical (unpaired) electrons. The third-order valence-electron chi connectivity index (χ3n) is 14.0. The van der Waals surface area contributed by atoms with Crippen LogP contribution in [0, 0.1) is 29.5 Å². The smallest absolute Gasteiger partial charge is 0.341 e. The van der Waals surface area contributed by atoms with Crippen LogP contribution in [0.25, 0.3) is 0 Å². The molecular formula is C47H62Cl2FNO12. The average molecular weight is 923 g/mol. The highest BCUT2D eigenvalue weighted by molar-refractivity contribution is 6.34. The highest BCUT2D eigenvalue weighted by Gasteiger charge is 2.60.